The fourth-order valence-electron chi connectivity index (χ4n) is 3.78. The molecule has 0 radical (unpaired) electrons. The lowest BCUT2D eigenvalue weighted by Gasteiger charge is -2.33. The molecule has 3 heterocycles. The second-order valence-corrected chi connectivity index (χ2v) is 7.69. The first kappa shape index (κ1) is 17.0. The third-order valence-corrected chi connectivity index (χ3v) is 5.85. The maximum absolute atomic E-state index is 14.1. The first-order valence-corrected chi connectivity index (χ1v) is 9.12. The molecule has 2 aliphatic rings. The first-order chi connectivity index (χ1) is 12.4. The van der Waals surface area contributed by atoms with E-state index in [1.807, 2.05) is 4.90 Å². The van der Waals surface area contributed by atoms with E-state index in [1.165, 1.54) is 25.1 Å². The molecule has 1 atom stereocenters. The van der Waals surface area contributed by atoms with Gasteiger partial charge in [-0.25, -0.2) is 4.39 Å². The predicted molar refractivity (Wildman–Crippen MR) is 95.2 cm³/mol. The molecule has 1 aliphatic carbocycles. The number of fused-ring (bicyclic) bond motifs is 1. The Morgan fingerprint density at radius 1 is 1.31 bits per heavy atom. The fraction of sp³-hybridized carbons (Fsp3) is 0.526. The second kappa shape index (κ2) is 6.07. The molecule has 2 aromatic heterocycles. The summed E-state index contributed by atoms with van der Waals surface area (Å²) in [4.78, 5) is 33.7. The Hall–Kier alpha value is -2.44. The van der Waals surface area contributed by atoms with Gasteiger partial charge in [0, 0.05) is 18.5 Å². The van der Waals surface area contributed by atoms with Gasteiger partial charge in [0.15, 0.2) is 5.82 Å². The number of nitrogens with zero attached hydrogens (tertiary/aromatic N) is 2. The number of pyridine rings is 1. The minimum atomic E-state index is -0.619. The summed E-state index contributed by atoms with van der Waals surface area (Å²) in [6, 6.07) is 0.843. The van der Waals surface area contributed by atoms with Crippen molar-refractivity contribution in [2.24, 2.45) is 5.41 Å². The van der Waals surface area contributed by atoms with Crippen molar-refractivity contribution in [3.8, 4) is 0 Å². The van der Waals surface area contributed by atoms with Crippen LogP contribution in [0.2, 0.25) is 0 Å². The number of piperidine rings is 1. The van der Waals surface area contributed by atoms with Crippen LogP contribution < -0.4 is 5.32 Å². The molecule has 138 valence electrons. The van der Waals surface area contributed by atoms with Gasteiger partial charge in [-0.05, 0) is 51.0 Å². The zero-order chi connectivity index (χ0) is 18.5. The summed E-state index contributed by atoms with van der Waals surface area (Å²) in [5, 5.41) is 3.05. The lowest BCUT2D eigenvalue weighted by atomic mass is 9.93. The number of carbonyl (C=O) groups excluding carboxylic acids is 2. The molecular weight excluding hydrogens is 335 g/mol. The Bertz CT molecular complexity index is 877. The third kappa shape index (κ3) is 2.95. The molecule has 0 aromatic carbocycles. The van der Waals surface area contributed by atoms with Gasteiger partial charge in [-0.2, -0.15) is 0 Å². The quantitative estimate of drug-likeness (QED) is 0.885. The van der Waals surface area contributed by atoms with Crippen LogP contribution in [0.1, 0.15) is 48.8 Å². The van der Waals surface area contributed by atoms with Gasteiger partial charge in [-0.15, -0.1) is 0 Å². The smallest absolute Gasteiger partial charge is 0.268 e. The number of nitrogens with one attached hydrogen (secondary N) is 2. The molecule has 4 rings (SSSR count). The molecule has 1 saturated carbocycles. The van der Waals surface area contributed by atoms with Crippen LogP contribution in [0.4, 0.5) is 4.39 Å². The van der Waals surface area contributed by atoms with Gasteiger partial charge >= 0.3 is 0 Å². The minimum absolute atomic E-state index is 0.0614. The monoisotopic (exact) mass is 358 g/mol. The molecule has 1 spiro atoms. The summed E-state index contributed by atoms with van der Waals surface area (Å²) in [7, 11) is 0. The van der Waals surface area contributed by atoms with Crippen LogP contribution in [-0.4, -0.2) is 45.8 Å². The summed E-state index contributed by atoms with van der Waals surface area (Å²) in [6.07, 6.45) is 6.19. The fourth-order valence-corrected chi connectivity index (χ4v) is 3.78. The Kier molecular flexibility index (Phi) is 3.97. The van der Waals surface area contributed by atoms with Crippen molar-refractivity contribution in [3.63, 3.8) is 0 Å². The lowest BCUT2D eigenvalue weighted by molar-refractivity contribution is -0.134. The van der Waals surface area contributed by atoms with Gasteiger partial charge in [0.1, 0.15) is 11.7 Å². The number of carbonyl (C=O) groups is 2. The highest BCUT2D eigenvalue weighted by molar-refractivity contribution is 6.00. The largest absolute Gasteiger partial charge is 0.349 e. The van der Waals surface area contributed by atoms with Gasteiger partial charge in [0.2, 0.25) is 5.91 Å². The number of aromatic nitrogens is 2. The van der Waals surface area contributed by atoms with E-state index >= 15 is 0 Å². The molecule has 26 heavy (non-hydrogen) atoms. The molecule has 2 fully saturated rings. The van der Waals surface area contributed by atoms with E-state index in [2.05, 4.69) is 15.3 Å². The van der Waals surface area contributed by atoms with Gasteiger partial charge in [-0.1, -0.05) is 0 Å². The number of likely N-dealkylation sites (tertiary alicyclic amines) is 1. The highest BCUT2D eigenvalue weighted by Gasteiger charge is 2.45. The zero-order valence-corrected chi connectivity index (χ0v) is 15.1. The minimum Gasteiger partial charge on any atom is -0.349 e. The SMILES string of the molecule is Cc1ncc2[nH]c(C(=O)N[C@@H](C)C(=O)N3CCC4(CC3)CC4)cc2c1F. The third-order valence-electron chi connectivity index (χ3n) is 5.85. The second-order valence-electron chi connectivity index (χ2n) is 7.69. The van der Waals surface area contributed by atoms with Crippen LogP contribution >= 0.6 is 0 Å². The molecule has 1 saturated heterocycles. The standard InChI is InChI=1S/C19H23FN4O2/c1-11-16(20)13-9-14(23-15(13)10-21-11)17(25)22-12(2)18(26)24-7-5-19(3-4-19)6-8-24/h9-10,12,23H,3-8H2,1-2H3,(H,22,25)/t12-/m0/s1. The Balaban J connectivity index is 1.42. The van der Waals surface area contributed by atoms with E-state index < -0.39 is 17.8 Å². The van der Waals surface area contributed by atoms with Crippen molar-refractivity contribution >= 4 is 22.7 Å². The maximum atomic E-state index is 14.1. The highest BCUT2D eigenvalue weighted by atomic mass is 19.1. The van der Waals surface area contributed by atoms with Gasteiger partial charge in [0.25, 0.3) is 5.91 Å². The summed E-state index contributed by atoms with van der Waals surface area (Å²) >= 11 is 0. The normalized spacial score (nSPS) is 19.6. The van der Waals surface area contributed by atoms with E-state index in [9.17, 15) is 14.0 Å². The van der Waals surface area contributed by atoms with Crippen molar-refractivity contribution in [2.75, 3.05) is 13.1 Å². The van der Waals surface area contributed by atoms with Gasteiger partial charge in [0.05, 0.1) is 17.4 Å². The molecule has 2 N–H and O–H groups in total. The molecule has 2 aromatic rings. The molecule has 2 amide bonds. The van der Waals surface area contributed by atoms with Crippen LogP contribution in [0.5, 0.6) is 0 Å². The number of aryl methyl sites for hydroxylation is 1. The van der Waals surface area contributed by atoms with Crippen LogP contribution in [0.15, 0.2) is 12.3 Å². The average Bonchev–Trinajstić information content (AvgIpc) is 3.23. The van der Waals surface area contributed by atoms with Crippen LogP contribution in [-0.2, 0) is 4.79 Å². The number of halogens is 1. The Morgan fingerprint density at radius 3 is 2.65 bits per heavy atom. The van der Waals surface area contributed by atoms with E-state index in [0.29, 0.717) is 16.3 Å². The van der Waals surface area contributed by atoms with E-state index in [1.54, 1.807) is 13.8 Å². The molecule has 0 bridgehead atoms. The van der Waals surface area contributed by atoms with Crippen LogP contribution in [0, 0.1) is 18.2 Å². The lowest BCUT2D eigenvalue weighted by Crippen LogP contribution is -2.49. The number of rotatable bonds is 3. The van der Waals surface area contributed by atoms with Crippen molar-refractivity contribution in [2.45, 2.75) is 45.6 Å². The predicted octanol–water partition coefficient (Wildman–Crippen LogP) is 2.53. The van der Waals surface area contributed by atoms with E-state index in [4.69, 9.17) is 0 Å². The zero-order valence-electron chi connectivity index (χ0n) is 15.1. The Morgan fingerprint density at radius 2 is 2.00 bits per heavy atom. The van der Waals surface area contributed by atoms with E-state index in [0.717, 1.165) is 25.9 Å². The average molecular weight is 358 g/mol. The summed E-state index contributed by atoms with van der Waals surface area (Å²) in [6.45, 7) is 4.80. The van der Waals surface area contributed by atoms with Crippen molar-refractivity contribution in [1.29, 1.82) is 0 Å². The first-order valence-electron chi connectivity index (χ1n) is 9.12. The highest BCUT2D eigenvalue weighted by Crippen LogP contribution is 2.53. The van der Waals surface area contributed by atoms with Gasteiger partial charge in [-0.3, -0.25) is 14.6 Å². The van der Waals surface area contributed by atoms with E-state index in [-0.39, 0.29) is 17.3 Å². The molecule has 1 aliphatic heterocycles. The maximum Gasteiger partial charge on any atom is 0.268 e. The van der Waals surface area contributed by atoms with Crippen molar-refractivity contribution < 1.29 is 14.0 Å². The van der Waals surface area contributed by atoms with Crippen molar-refractivity contribution in [3.05, 3.63) is 29.5 Å². The van der Waals surface area contributed by atoms with Crippen LogP contribution in [0.25, 0.3) is 10.9 Å². The Labute approximate surface area is 151 Å². The van der Waals surface area contributed by atoms with Crippen molar-refractivity contribution in [1.82, 2.24) is 20.2 Å². The number of hydrogen-bond acceptors (Lipinski definition) is 3. The summed E-state index contributed by atoms with van der Waals surface area (Å²) in [5.74, 6) is -0.923. The topological polar surface area (TPSA) is 78.1 Å². The van der Waals surface area contributed by atoms with Gasteiger partial charge < -0.3 is 15.2 Å². The number of aromatic amines is 1. The summed E-state index contributed by atoms with van der Waals surface area (Å²) in [5.41, 5.74) is 1.47. The number of amides is 2. The molecular formula is C19H23FN4O2. The summed E-state index contributed by atoms with van der Waals surface area (Å²) < 4.78 is 14.1. The van der Waals surface area contributed by atoms with Crippen LogP contribution in [0.3, 0.4) is 0 Å². The molecule has 0 unspecified atom stereocenters. The molecule has 7 heteroatoms. The number of hydrogen-bond donors (Lipinski definition) is 2. The number of H-pyrrole nitrogens is 1. The molecule has 6 nitrogen and oxygen atoms in total.